The molecule has 0 bridgehead atoms. The fourth-order valence-corrected chi connectivity index (χ4v) is 3.12. The first-order valence-electron chi connectivity index (χ1n) is 8.84. The molecule has 0 aromatic heterocycles. The maximum atomic E-state index is 12.3. The number of hydrogen-bond donors (Lipinski definition) is 1. The Balaban J connectivity index is 1.66. The Morgan fingerprint density at radius 2 is 2.08 bits per heavy atom. The molecule has 1 aromatic carbocycles. The molecule has 1 unspecified atom stereocenters. The van der Waals surface area contributed by atoms with Crippen LogP contribution in [0.2, 0.25) is 0 Å². The van der Waals surface area contributed by atoms with Gasteiger partial charge < -0.3 is 19.7 Å². The second-order valence-electron chi connectivity index (χ2n) is 7.63. The van der Waals surface area contributed by atoms with Gasteiger partial charge in [0.15, 0.2) is 0 Å². The summed E-state index contributed by atoms with van der Waals surface area (Å²) in [6.45, 7) is 7.37. The maximum absolute atomic E-state index is 12.3. The van der Waals surface area contributed by atoms with Crippen molar-refractivity contribution in [1.82, 2.24) is 4.90 Å². The molecule has 1 N–H and O–H groups in total. The third kappa shape index (κ3) is 4.51. The van der Waals surface area contributed by atoms with Crippen LogP contribution in [-0.4, -0.2) is 41.8 Å². The predicted molar refractivity (Wildman–Crippen MR) is 94.4 cm³/mol. The van der Waals surface area contributed by atoms with E-state index in [0.29, 0.717) is 19.7 Å². The van der Waals surface area contributed by atoms with Crippen LogP contribution in [0.25, 0.3) is 0 Å². The quantitative estimate of drug-likeness (QED) is 0.893. The van der Waals surface area contributed by atoms with Gasteiger partial charge >= 0.3 is 6.09 Å². The van der Waals surface area contributed by atoms with Crippen LogP contribution < -0.4 is 5.32 Å². The van der Waals surface area contributed by atoms with E-state index in [2.05, 4.69) is 5.32 Å². The van der Waals surface area contributed by atoms with Gasteiger partial charge in [0.1, 0.15) is 11.7 Å². The molecule has 136 valence electrons. The first-order chi connectivity index (χ1) is 11.8. The molecule has 2 heterocycles. The Labute approximate surface area is 148 Å². The van der Waals surface area contributed by atoms with E-state index in [1.807, 2.05) is 39.0 Å². The molecular weight excluding hydrogens is 320 g/mol. The number of carbonyl (C=O) groups is 2. The summed E-state index contributed by atoms with van der Waals surface area (Å²) < 4.78 is 10.9. The standard InChI is InChI=1S/C19H26N2O4/c1-19(2,3)25-18(23)21-9-8-13-6-7-15(11-14(13)12-21)20-17(22)16-5-4-10-24-16/h6-7,11,16H,4-5,8-10,12H2,1-3H3,(H,20,22). The summed E-state index contributed by atoms with van der Waals surface area (Å²) in [7, 11) is 0. The highest BCUT2D eigenvalue weighted by Gasteiger charge is 2.27. The summed E-state index contributed by atoms with van der Waals surface area (Å²) in [5.41, 5.74) is 2.48. The van der Waals surface area contributed by atoms with Crippen molar-refractivity contribution in [3.05, 3.63) is 29.3 Å². The second kappa shape index (κ2) is 7.04. The van der Waals surface area contributed by atoms with Crippen LogP contribution in [0.15, 0.2) is 18.2 Å². The van der Waals surface area contributed by atoms with Crippen LogP contribution >= 0.6 is 0 Å². The lowest BCUT2D eigenvalue weighted by Gasteiger charge is -2.31. The molecule has 1 saturated heterocycles. The number of rotatable bonds is 2. The zero-order valence-corrected chi connectivity index (χ0v) is 15.1. The number of ether oxygens (including phenoxy) is 2. The summed E-state index contributed by atoms with van der Waals surface area (Å²) in [4.78, 5) is 26.2. The minimum Gasteiger partial charge on any atom is -0.444 e. The van der Waals surface area contributed by atoms with Crippen molar-refractivity contribution in [2.75, 3.05) is 18.5 Å². The first kappa shape index (κ1) is 17.7. The lowest BCUT2D eigenvalue weighted by molar-refractivity contribution is -0.124. The van der Waals surface area contributed by atoms with E-state index in [1.165, 1.54) is 5.56 Å². The highest BCUT2D eigenvalue weighted by Crippen LogP contribution is 2.25. The number of fused-ring (bicyclic) bond motifs is 1. The summed E-state index contributed by atoms with van der Waals surface area (Å²) >= 11 is 0. The average Bonchev–Trinajstić information content (AvgIpc) is 3.07. The van der Waals surface area contributed by atoms with Gasteiger partial charge in [-0.1, -0.05) is 6.07 Å². The molecule has 6 nitrogen and oxygen atoms in total. The molecule has 0 radical (unpaired) electrons. The molecule has 0 aliphatic carbocycles. The van der Waals surface area contributed by atoms with E-state index in [0.717, 1.165) is 30.5 Å². The first-order valence-corrected chi connectivity index (χ1v) is 8.84. The van der Waals surface area contributed by atoms with E-state index in [1.54, 1.807) is 4.90 Å². The maximum Gasteiger partial charge on any atom is 0.410 e. The molecule has 0 spiro atoms. The normalized spacial score (nSPS) is 20.1. The van der Waals surface area contributed by atoms with Crippen LogP contribution in [0.5, 0.6) is 0 Å². The molecule has 1 atom stereocenters. The van der Waals surface area contributed by atoms with E-state index < -0.39 is 5.60 Å². The Kier molecular flexibility index (Phi) is 4.99. The predicted octanol–water partition coefficient (Wildman–Crippen LogP) is 3.10. The summed E-state index contributed by atoms with van der Waals surface area (Å²) in [5.74, 6) is -0.0998. The number of nitrogens with one attached hydrogen (secondary N) is 1. The van der Waals surface area contributed by atoms with Gasteiger partial charge in [0, 0.05) is 25.4 Å². The molecule has 2 amide bonds. The molecule has 2 aliphatic rings. The molecule has 1 aromatic rings. The van der Waals surface area contributed by atoms with Gasteiger partial charge in [-0.3, -0.25) is 4.79 Å². The van der Waals surface area contributed by atoms with Crippen molar-refractivity contribution in [3.8, 4) is 0 Å². The molecule has 0 saturated carbocycles. The van der Waals surface area contributed by atoms with Crippen molar-refractivity contribution < 1.29 is 19.1 Å². The fraction of sp³-hybridized carbons (Fsp3) is 0.579. The van der Waals surface area contributed by atoms with Crippen LogP contribution in [0, 0.1) is 0 Å². The van der Waals surface area contributed by atoms with Crippen molar-refractivity contribution in [2.24, 2.45) is 0 Å². The second-order valence-corrected chi connectivity index (χ2v) is 7.63. The number of carbonyl (C=O) groups excluding carboxylic acids is 2. The third-order valence-corrected chi connectivity index (χ3v) is 4.36. The van der Waals surface area contributed by atoms with Crippen molar-refractivity contribution in [3.63, 3.8) is 0 Å². The number of hydrogen-bond acceptors (Lipinski definition) is 4. The zero-order chi connectivity index (χ0) is 18.0. The highest BCUT2D eigenvalue weighted by atomic mass is 16.6. The Hall–Kier alpha value is -2.08. The van der Waals surface area contributed by atoms with Gasteiger partial charge in [0.05, 0.1) is 0 Å². The smallest absolute Gasteiger partial charge is 0.410 e. The van der Waals surface area contributed by atoms with Crippen molar-refractivity contribution in [2.45, 2.75) is 58.3 Å². The average molecular weight is 346 g/mol. The molecule has 2 aliphatic heterocycles. The summed E-state index contributed by atoms with van der Waals surface area (Å²) in [5, 5.41) is 2.92. The molecule has 3 rings (SSSR count). The minimum absolute atomic E-state index is 0.0998. The molecule has 6 heteroatoms. The molecule has 25 heavy (non-hydrogen) atoms. The number of benzene rings is 1. The van der Waals surface area contributed by atoms with Crippen LogP contribution in [0.4, 0.5) is 10.5 Å². The highest BCUT2D eigenvalue weighted by molar-refractivity contribution is 5.94. The van der Waals surface area contributed by atoms with Gasteiger partial charge in [-0.2, -0.15) is 0 Å². The van der Waals surface area contributed by atoms with E-state index in [4.69, 9.17) is 9.47 Å². The topological polar surface area (TPSA) is 67.9 Å². The van der Waals surface area contributed by atoms with E-state index in [-0.39, 0.29) is 18.1 Å². The largest absolute Gasteiger partial charge is 0.444 e. The van der Waals surface area contributed by atoms with Crippen LogP contribution in [-0.2, 0) is 27.2 Å². The monoisotopic (exact) mass is 346 g/mol. The third-order valence-electron chi connectivity index (χ3n) is 4.36. The van der Waals surface area contributed by atoms with Crippen molar-refractivity contribution >= 4 is 17.7 Å². The van der Waals surface area contributed by atoms with Crippen molar-refractivity contribution in [1.29, 1.82) is 0 Å². The number of nitrogens with zero attached hydrogens (tertiary/aromatic N) is 1. The summed E-state index contributed by atoms with van der Waals surface area (Å²) in [6, 6.07) is 5.88. The Morgan fingerprint density at radius 1 is 1.28 bits per heavy atom. The van der Waals surface area contributed by atoms with Gasteiger partial charge in [-0.05, 0) is 63.3 Å². The molecular formula is C19H26N2O4. The lowest BCUT2D eigenvalue weighted by Crippen LogP contribution is -2.39. The van der Waals surface area contributed by atoms with Gasteiger partial charge in [-0.15, -0.1) is 0 Å². The zero-order valence-electron chi connectivity index (χ0n) is 15.1. The van der Waals surface area contributed by atoms with Gasteiger partial charge in [0.2, 0.25) is 0 Å². The SMILES string of the molecule is CC(C)(C)OC(=O)N1CCc2ccc(NC(=O)C3CCCO3)cc2C1. The number of amides is 2. The minimum atomic E-state index is -0.505. The molecule has 1 fully saturated rings. The van der Waals surface area contributed by atoms with Crippen LogP contribution in [0.3, 0.4) is 0 Å². The number of anilines is 1. The van der Waals surface area contributed by atoms with Gasteiger partial charge in [0.25, 0.3) is 5.91 Å². The summed E-state index contributed by atoms with van der Waals surface area (Å²) in [6.07, 6.45) is 1.83. The fourth-order valence-electron chi connectivity index (χ4n) is 3.12. The van der Waals surface area contributed by atoms with Gasteiger partial charge in [-0.25, -0.2) is 4.79 Å². The van der Waals surface area contributed by atoms with Crippen LogP contribution in [0.1, 0.15) is 44.7 Å². The Bertz CT molecular complexity index is 660. The Morgan fingerprint density at radius 3 is 2.76 bits per heavy atom. The van der Waals surface area contributed by atoms with E-state index in [9.17, 15) is 9.59 Å². The lowest BCUT2D eigenvalue weighted by atomic mass is 9.99. The van der Waals surface area contributed by atoms with E-state index >= 15 is 0 Å².